The third-order valence-corrected chi connectivity index (χ3v) is 4.46. The zero-order valence-corrected chi connectivity index (χ0v) is 16.4. The van der Waals surface area contributed by atoms with Crippen LogP contribution in [0.4, 0.5) is 0 Å². The molecule has 3 rings (SSSR count). The molecule has 0 aliphatic carbocycles. The Hall–Kier alpha value is -2.69. The minimum Gasteiger partial charge on any atom is -0.494 e. The van der Waals surface area contributed by atoms with Crippen LogP contribution in [0.1, 0.15) is 44.9 Å². The Morgan fingerprint density at radius 3 is 2.78 bits per heavy atom. The van der Waals surface area contributed by atoms with E-state index in [1.54, 1.807) is 0 Å². The second-order valence-corrected chi connectivity index (χ2v) is 7.37. The molecule has 144 valence electrons. The second-order valence-electron chi connectivity index (χ2n) is 7.37. The van der Waals surface area contributed by atoms with E-state index in [4.69, 9.17) is 14.2 Å². The first-order chi connectivity index (χ1) is 12.9. The van der Waals surface area contributed by atoms with Gasteiger partial charge in [0.2, 0.25) is 0 Å². The molecule has 1 unspecified atom stereocenters. The van der Waals surface area contributed by atoms with Gasteiger partial charge < -0.3 is 19.5 Å². The molecule has 1 aliphatic heterocycles. The first kappa shape index (κ1) is 19.1. The van der Waals surface area contributed by atoms with Gasteiger partial charge in [-0.2, -0.15) is 0 Å². The second kappa shape index (κ2) is 7.91. The molecule has 0 saturated heterocycles. The van der Waals surface area contributed by atoms with Crippen molar-refractivity contribution in [2.75, 3.05) is 13.2 Å². The number of carbonyl (C=O) groups is 1. The monoisotopic (exact) mass is 369 g/mol. The molecule has 0 saturated carbocycles. The van der Waals surface area contributed by atoms with Crippen molar-refractivity contribution in [3.63, 3.8) is 0 Å². The summed E-state index contributed by atoms with van der Waals surface area (Å²) in [4.78, 5) is 12.3. The van der Waals surface area contributed by atoms with E-state index in [1.807, 2.05) is 70.2 Å². The van der Waals surface area contributed by atoms with Gasteiger partial charge in [0.15, 0.2) is 18.1 Å². The van der Waals surface area contributed by atoms with Gasteiger partial charge in [-0.05, 0) is 51.5 Å². The van der Waals surface area contributed by atoms with Gasteiger partial charge in [0, 0.05) is 12.0 Å². The van der Waals surface area contributed by atoms with Crippen LogP contribution >= 0.6 is 0 Å². The molecule has 1 N–H and O–H groups in total. The molecule has 27 heavy (non-hydrogen) atoms. The van der Waals surface area contributed by atoms with E-state index in [2.05, 4.69) is 5.32 Å². The number of amides is 1. The zero-order chi connectivity index (χ0) is 19.4. The SMILES string of the molecule is CCOc1cccc(C(C)NC(=O)COc2cccc3c2OC(C)(C)C3)c1. The number of rotatable bonds is 7. The standard InChI is InChI=1S/C22H27NO4/c1-5-25-18-10-6-8-16(12-18)15(2)23-20(24)14-26-19-11-7-9-17-13-22(3,4)27-21(17)19/h6-12,15H,5,13-14H2,1-4H3,(H,23,24). The van der Waals surface area contributed by atoms with Gasteiger partial charge in [0.1, 0.15) is 11.4 Å². The highest BCUT2D eigenvalue weighted by atomic mass is 16.5. The Balaban J connectivity index is 1.58. The number of nitrogens with one attached hydrogen (secondary N) is 1. The van der Waals surface area contributed by atoms with E-state index in [1.165, 1.54) is 0 Å². The summed E-state index contributed by atoms with van der Waals surface area (Å²) < 4.78 is 17.2. The Morgan fingerprint density at radius 2 is 2.00 bits per heavy atom. The highest BCUT2D eigenvalue weighted by Crippen LogP contribution is 2.41. The molecule has 2 aromatic rings. The maximum Gasteiger partial charge on any atom is 0.258 e. The van der Waals surface area contributed by atoms with Crippen molar-refractivity contribution in [2.24, 2.45) is 0 Å². The molecule has 1 aliphatic rings. The predicted octanol–water partition coefficient (Wildman–Crippen LogP) is 4.06. The molecule has 1 heterocycles. The highest BCUT2D eigenvalue weighted by molar-refractivity contribution is 5.78. The van der Waals surface area contributed by atoms with E-state index in [0.29, 0.717) is 12.4 Å². The lowest BCUT2D eigenvalue weighted by Gasteiger charge is -2.19. The van der Waals surface area contributed by atoms with Crippen molar-refractivity contribution in [3.8, 4) is 17.2 Å². The highest BCUT2D eigenvalue weighted by Gasteiger charge is 2.32. The van der Waals surface area contributed by atoms with Crippen LogP contribution in [0, 0.1) is 0 Å². The van der Waals surface area contributed by atoms with E-state index in [0.717, 1.165) is 29.0 Å². The number of carbonyl (C=O) groups excluding carboxylic acids is 1. The van der Waals surface area contributed by atoms with E-state index >= 15 is 0 Å². The molecule has 0 aromatic heterocycles. The smallest absolute Gasteiger partial charge is 0.258 e. The van der Waals surface area contributed by atoms with Gasteiger partial charge >= 0.3 is 0 Å². The van der Waals surface area contributed by atoms with Crippen molar-refractivity contribution in [2.45, 2.75) is 45.8 Å². The van der Waals surface area contributed by atoms with E-state index < -0.39 is 0 Å². The van der Waals surface area contributed by atoms with Crippen molar-refractivity contribution < 1.29 is 19.0 Å². The fourth-order valence-electron chi connectivity index (χ4n) is 3.25. The van der Waals surface area contributed by atoms with Crippen LogP contribution in [-0.2, 0) is 11.2 Å². The first-order valence-corrected chi connectivity index (χ1v) is 9.34. The number of fused-ring (bicyclic) bond motifs is 1. The molecule has 0 bridgehead atoms. The molecular formula is C22H27NO4. The third-order valence-electron chi connectivity index (χ3n) is 4.46. The summed E-state index contributed by atoms with van der Waals surface area (Å²) >= 11 is 0. The van der Waals surface area contributed by atoms with Gasteiger partial charge in [-0.3, -0.25) is 4.79 Å². The number of ether oxygens (including phenoxy) is 3. The number of benzene rings is 2. The summed E-state index contributed by atoms with van der Waals surface area (Å²) in [6.45, 7) is 8.52. The fourth-order valence-corrected chi connectivity index (χ4v) is 3.25. The van der Waals surface area contributed by atoms with E-state index in [9.17, 15) is 4.79 Å². The molecule has 1 atom stereocenters. The Morgan fingerprint density at radius 1 is 1.22 bits per heavy atom. The van der Waals surface area contributed by atoms with Crippen LogP contribution in [0.2, 0.25) is 0 Å². The Kier molecular flexibility index (Phi) is 5.59. The Labute approximate surface area is 160 Å². The maximum absolute atomic E-state index is 12.3. The van der Waals surface area contributed by atoms with Crippen LogP contribution in [-0.4, -0.2) is 24.7 Å². The maximum atomic E-state index is 12.3. The molecule has 5 heteroatoms. The normalized spacial score (nSPS) is 15.4. The largest absolute Gasteiger partial charge is 0.494 e. The summed E-state index contributed by atoms with van der Waals surface area (Å²) in [6.07, 6.45) is 0.832. The quantitative estimate of drug-likeness (QED) is 0.800. The summed E-state index contributed by atoms with van der Waals surface area (Å²) in [5.41, 5.74) is 1.85. The lowest BCUT2D eigenvalue weighted by molar-refractivity contribution is -0.123. The predicted molar refractivity (Wildman–Crippen MR) is 105 cm³/mol. The zero-order valence-electron chi connectivity index (χ0n) is 16.4. The third kappa shape index (κ3) is 4.73. The first-order valence-electron chi connectivity index (χ1n) is 9.34. The molecule has 5 nitrogen and oxygen atoms in total. The molecule has 1 amide bonds. The fraction of sp³-hybridized carbons (Fsp3) is 0.409. The number of hydrogen-bond donors (Lipinski definition) is 1. The average Bonchev–Trinajstić information content (AvgIpc) is 2.95. The Bertz CT molecular complexity index is 816. The summed E-state index contributed by atoms with van der Waals surface area (Å²) in [7, 11) is 0. The van der Waals surface area contributed by atoms with Crippen molar-refractivity contribution in [1.29, 1.82) is 0 Å². The van der Waals surface area contributed by atoms with Gasteiger partial charge in [0.25, 0.3) is 5.91 Å². The van der Waals surface area contributed by atoms with Crippen molar-refractivity contribution in [3.05, 3.63) is 53.6 Å². The van der Waals surface area contributed by atoms with Crippen LogP contribution in [0.3, 0.4) is 0 Å². The van der Waals surface area contributed by atoms with Crippen LogP contribution in [0.15, 0.2) is 42.5 Å². The van der Waals surface area contributed by atoms with Gasteiger partial charge in [0.05, 0.1) is 12.6 Å². The summed E-state index contributed by atoms with van der Waals surface area (Å²) in [6, 6.07) is 13.4. The van der Waals surface area contributed by atoms with Crippen molar-refractivity contribution in [1.82, 2.24) is 5.32 Å². The summed E-state index contributed by atoms with van der Waals surface area (Å²) in [5.74, 6) is 1.97. The van der Waals surface area contributed by atoms with Crippen LogP contribution in [0.5, 0.6) is 17.2 Å². The average molecular weight is 369 g/mol. The molecular weight excluding hydrogens is 342 g/mol. The van der Waals surface area contributed by atoms with E-state index in [-0.39, 0.29) is 24.2 Å². The minimum absolute atomic E-state index is 0.0598. The van der Waals surface area contributed by atoms with Gasteiger partial charge in [-0.1, -0.05) is 24.3 Å². The lowest BCUT2D eigenvalue weighted by atomic mass is 10.0. The van der Waals surface area contributed by atoms with Crippen LogP contribution < -0.4 is 19.5 Å². The molecule has 2 aromatic carbocycles. The lowest BCUT2D eigenvalue weighted by Crippen LogP contribution is -2.31. The minimum atomic E-state index is -0.246. The topological polar surface area (TPSA) is 56.8 Å². The number of para-hydroxylation sites is 1. The molecule has 0 radical (unpaired) electrons. The van der Waals surface area contributed by atoms with Gasteiger partial charge in [-0.25, -0.2) is 0 Å². The molecule has 0 spiro atoms. The number of hydrogen-bond acceptors (Lipinski definition) is 4. The van der Waals surface area contributed by atoms with Crippen molar-refractivity contribution >= 4 is 5.91 Å². The summed E-state index contributed by atoms with van der Waals surface area (Å²) in [5, 5.41) is 2.96. The molecule has 0 fully saturated rings. The van der Waals surface area contributed by atoms with Crippen LogP contribution in [0.25, 0.3) is 0 Å². The van der Waals surface area contributed by atoms with Gasteiger partial charge in [-0.15, -0.1) is 0 Å².